The van der Waals surface area contributed by atoms with Crippen molar-refractivity contribution in [3.05, 3.63) is 41.7 Å². The van der Waals surface area contributed by atoms with E-state index in [0.717, 1.165) is 5.56 Å². The number of hydrogen-bond donors (Lipinski definition) is 2. The molecule has 1 atom stereocenters. The SMILES string of the molecule is COc1ccc(CCNC(=O)C(C)n2cc(C(=O)O)cn2)cc1OC. The van der Waals surface area contributed by atoms with E-state index >= 15 is 0 Å². The average Bonchev–Trinajstić information content (AvgIpc) is 3.11. The van der Waals surface area contributed by atoms with Gasteiger partial charge in [-0.25, -0.2) is 4.79 Å². The standard InChI is InChI=1S/C17H21N3O5/c1-11(20-10-13(9-19-20)17(22)23)16(21)18-7-6-12-4-5-14(24-2)15(8-12)25-3/h4-5,8-11H,6-7H2,1-3H3,(H,18,21)(H,22,23). The lowest BCUT2D eigenvalue weighted by Crippen LogP contribution is -2.32. The summed E-state index contributed by atoms with van der Waals surface area (Å²) in [6, 6.07) is 4.99. The molecule has 0 aliphatic heterocycles. The molecule has 2 rings (SSSR count). The van der Waals surface area contributed by atoms with Crippen LogP contribution in [0.5, 0.6) is 11.5 Å². The summed E-state index contributed by atoms with van der Waals surface area (Å²) in [4.78, 5) is 23.0. The van der Waals surface area contributed by atoms with Crippen LogP contribution in [0.3, 0.4) is 0 Å². The van der Waals surface area contributed by atoms with E-state index in [-0.39, 0.29) is 11.5 Å². The van der Waals surface area contributed by atoms with Gasteiger partial charge in [-0.2, -0.15) is 5.10 Å². The minimum atomic E-state index is -1.08. The first-order chi connectivity index (χ1) is 12.0. The predicted octanol–water partition coefficient (Wildman–Crippen LogP) is 1.52. The highest BCUT2D eigenvalue weighted by Gasteiger charge is 2.17. The predicted molar refractivity (Wildman–Crippen MR) is 90.2 cm³/mol. The van der Waals surface area contributed by atoms with Gasteiger partial charge in [0.25, 0.3) is 0 Å². The van der Waals surface area contributed by atoms with Gasteiger partial charge >= 0.3 is 5.97 Å². The molecule has 0 saturated heterocycles. The quantitative estimate of drug-likeness (QED) is 0.750. The smallest absolute Gasteiger partial charge is 0.338 e. The molecule has 0 radical (unpaired) electrons. The monoisotopic (exact) mass is 347 g/mol. The van der Waals surface area contributed by atoms with E-state index in [9.17, 15) is 9.59 Å². The number of aromatic carboxylic acids is 1. The second-order valence-corrected chi connectivity index (χ2v) is 5.42. The van der Waals surface area contributed by atoms with Crippen LogP contribution in [0.25, 0.3) is 0 Å². The molecule has 0 aliphatic rings. The van der Waals surface area contributed by atoms with E-state index in [4.69, 9.17) is 14.6 Å². The van der Waals surface area contributed by atoms with Crippen LogP contribution >= 0.6 is 0 Å². The number of nitrogens with zero attached hydrogens (tertiary/aromatic N) is 2. The van der Waals surface area contributed by atoms with Crippen molar-refractivity contribution in [2.45, 2.75) is 19.4 Å². The summed E-state index contributed by atoms with van der Waals surface area (Å²) in [5.74, 6) is -0.0258. The second kappa shape index (κ2) is 8.18. The Labute approximate surface area is 145 Å². The van der Waals surface area contributed by atoms with Crippen molar-refractivity contribution >= 4 is 11.9 Å². The molecule has 2 N–H and O–H groups in total. The average molecular weight is 347 g/mol. The Bertz CT molecular complexity index is 756. The highest BCUT2D eigenvalue weighted by Crippen LogP contribution is 2.27. The first-order valence-corrected chi connectivity index (χ1v) is 7.72. The molecule has 25 heavy (non-hydrogen) atoms. The highest BCUT2D eigenvalue weighted by molar-refractivity contribution is 5.87. The Kier molecular flexibility index (Phi) is 5.99. The van der Waals surface area contributed by atoms with E-state index in [2.05, 4.69) is 10.4 Å². The maximum Gasteiger partial charge on any atom is 0.338 e. The molecule has 8 nitrogen and oxygen atoms in total. The van der Waals surface area contributed by atoms with Gasteiger partial charge in [0.15, 0.2) is 11.5 Å². The van der Waals surface area contributed by atoms with E-state index < -0.39 is 12.0 Å². The largest absolute Gasteiger partial charge is 0.493 e. The van der Waals surface area contributed by atoms with Gasteiger partial charge in [-0.15, -0.1) is 0 Å². The van der Waals surface area contributed by atoms with E-state index in [0.29, 0.717) is 24.5 Å². The molecule has 0 aliphatic carbocycles. The Morgan fingerprint density at radius 3 is 2.60 bits per heavy atom. The first kappa shape index (κ1) is 18.3. The number of carbonyl (C=O) groups excluding carboxylic acids is 1. The van der Waals surface area contributed by atoms with E-state index in [1.165, 1.54) is 17.1 Å². The van der Waals surface area contributed by atoms with Gasteiger partial charge < -0.3 is 19.9 Å². The minimum Gasteiger partial charge on any atom is -0.493 e. The third-order valence-electron chi connectivity index (χ3n) is 3.79. The third-order valence-corrected chi connectivity index (χ3v) is 3.79. The van der Waals surface area contributed by atoms with Gasteiger partial charge in [0.05, 0.1) is 26.0 Å². The molecule has 1 aromatic carbocycles. The summed E-state index contributed by atoms with van der Waals surface area (Å²) in [5, 5.41) is 15.6. The fourth-order valence-corrected chi connectivity index (χ4v) is 2.29. The van der Waals surface area contributed by atoms with Crippen molar-refractivity contribution in [3.8, 4) is 11.5 Å². The molecule has 1 aromatic heterocycles. The van der Waals surface area contributed by atoms with Gasteiger partial charge in [0.2, 0.25) is 5.91 Å². The molecular weight excluding hydrogens is 326 g/mol. The number of methoxy groups -OCH3 is 2. The van der Waals surface area contributed by atoms with Gasteiger partial charge in [-0.1, -0.05) is 6.07 Å². The molecule has 1 unspecified atom stereocenters. The Morgan fingerprint density at radius 2 is 2.00 bits per heavy atom. The lowest BCUT2D eigenvalue weighted by atomic mass is 10.1. The number of carbonyl (C=O) groups is 2. The molecule has 8 heteroatoms. The molecule has 1 amide bonds. The van der Waals surface area contributed by atoms with E-state index in [1.807, 2.05) is 18.2 Å². The molecule has 0 spiro atoms. The maximum atomic E-state index is 12.2. The normalized spacial score (nSPS) is 11.6. The van der Waals surface area contributed by atoms with Crippen molar-refractivity contribution in [2.24, 2.45) is 0 Å². The topological polar surface area (TPSA) is 103 Å². The molecule has 0 saturated carbocycles. The molecule has 0 bridgehead atoms. The fraction of sp³-hybridized carbons (Fsp3) is 0.353. The Balaban J connectivity index is 1.90. The van der Waals surface area contributed by atoms with Crippen LogP contribution in [-0.4, -0.2) is 47.5 Å². The lowest BCUT2D eigenvalue weighted by molar-refractivity contribution is -0.124. The number of aromatic nitrogens is 2. The summed E-state index contributed by atoms with van der Waals surface area (Å²) in [6.07, 6.45) is 3.18. The zero-order valence-electron chi connectivity index (χ0n) is 14.4. The minimum absolute atomic E-state index is 0.0463. The second-order valence-electron chi connectivity index (χ2n) is 5.42. The summed E-state index contributed by atoms with van der Waals surface area (Å²) >= 11 is 0. The number of carboxylic acids is 1. The summed E-state index contributed by atoms with van der Waals surface area (Å²) < 4.78 is 11.8. The molecule has 1 heterocycles. The summed E-state index contributed by atoms with van der Waals surface area (Å²) in [5.41, 5.74) is 1.04. The van der Waals surface area contributed by atoms with E-state index in [1.54, 1.807) is 21.1 Å². The van der Waals surface area contributed by atoms with Crippen molar-refractivity contribution in [3.63, 3.8) is 0 Å². The number of hydrogen-bond acceptors (Lipinski definition) is 5. The van der Waals surface area contributed by atoms with Crippen LogP contribution < -0.4 is 14.8 Å². The van der Waals surface area contributed by atoms with Crippen molar-refractivity contribution < 1.29 is 24.2 Å². The number of carboxylic acid groups (broad SMARTS) is 1. The van der Waals surface area contributed by atoms with Crippen LogP contribution in [0.1, 0.15) is 28.9 Å². The number of ether oxygens (including phenoxy) is 2. The summed E-state index contributed by atoms with van der Waals surface area (Å²) in [6.45, 7) is 2.09. The Morgan fingerprint density at radius 1 is 1.28 bits per heavy atom. The first-order valence-electron chi connectivity index (χ1n) is 7.72. The van der Waals surface area contributed by atoms with Gasteiger partial charge in [-0.3, -0.25) is 9.48 Å². The highest BCUT2D eigenvalue weighted by atomic mass is 16.5. The number of nitrogens with one attached hydrogen (secondary N) is 1. The van der Waals surface area contributed by atoms with Crippen molar-refractivity contribution in [2.75, 3.05) is 20.8 Å². The van der Waals surface area contributed by atoms with Crippen LogP contribution in [0, 0.1) is 0 Å². The zero-order chi connectivity index (χ0) is 18.4. The number of amides is 1. The molecule has 134 valence electrons. The van der Waals surface area contributed by atoms with Gasteiger partial charge in [0.1, 0.15) is 6.04 Å². The van der Waals surface area contributed by atoms with Crippen LogP contribution in [-0.2, 0) is 11.2 Å². The van der Waals surface area contributed by atoms with Crippen LogP contribution in [0.15, 0.2) is 30.6 Å². The van der Waals surface area contributed by atoms with Gasteiger partial charge in [-0.05, 0) is 31.0 Å². The lowest BCUT2D eigenvalue weighted by Gasteiger charge is -2.13. The van der Waals surface area contributed by atoms with Crippen molar-refractivity contribution in [1.29, 1.82) is 0 Å². The van der Waals surface area contributed by atoms with Crippen molar-refractivity contribution in [1.82, 2.24) is 15.1 Å². The molecule has 2 aromatic rings. The van der Waals surface area contributed by atoms with Crippen LogP contribution in [0.2, 0.25) is 0 Å². The van der Waals surface area contributed by atoms with Crippen LogP contribution in [0.4, 0.5) is 0 Å². The van der Waals surface area contributed by atoms with Gasteiger partial charge in [0, 0.05) is 12.7 Å². The maximum absolute atomic E-state index is 12.2. The third kappa shape index (κ3) is 4.50. The fourth-order valence-electron chi connectivity index (χ4n) is 2.29. The number of benzene rings is 1. The molecular formula is C17H21N3O5. The molecule has 0 fully saturated rings. The summed E-state index contributed by atoms with van der Waals surface area (Å²) in [7, 11) is 3.14. The zero-order valence-corrected chi connectivity index (χ0v) is 14.4. The Hall–Kier alpha value is -3.03. The number of rotatable bonds is 8.